The van der Waals surface area contributed by atoms with Gasteiger partial charge in [-0.05, 0) is 37.6 Å². The van der Waals surface area contributed by atoms with Crippen LogP contribution in [0.2, 0.25) is 0 Å². The zero-order valence-corrected chi connectivity index (χ0v) is 12.0. The molecule has 1 atom stereocenters. The number of hydrogen-bond acceptors (Lipinski definition) is 3. The van der Waals surface area contributed by atoms with Crippen molar-refractivity contribution in [3.8, 4) is 0 Å². The van der Waals surface area contributed by atoms with E-state index in [0.717, 1.165) is 36.4 Å². The molecule has 0 radical (unpaired) electrons. The number of hydrogen-bond donors (Lipinski definition) is 3. The molecule has 1 aliphatic heterocycles. The van der Waals surface area contributed by atoms with Crippen LogP contribution in [0, 0.1) is 12.8 Å². The van der Waals surface area contributed by atoms with Gasteiger partial charge in [-0.25, -0.2) is 0 Å². The molecule has 0 spiro atoms. The maximum Gasteiger partial charge on any atom is 0.228 e. The Bertz CT molecular complexity index is 508. The van der Waals surface area contributed by atoms with Gasteiger partial charge in [0, 0.05) is 24.3 Å². The van der Waals surface area contributed by atoms with Gasteiger partial charge in [-0.15, -0.1) is 0 Å². The highest BCUT2D eigenvalue weighted by atomic mass is 16.2. The molecule has 1 saturated heterocycles. The predicted molar refractivity (Wildman–Crippen MR) is 79.7 cm³/mol. The lowest BCUT2D eigenvalue weighted by molar-refractivity contribution is -0.119. The standard InChI is InChI=1S/C15H21N3O2/c1-3-14(19)17-12-5-4-6-13(10(12)2)18-15(20)11-7-8-16-9-11/h4-6,11,16H,3,7-9H2,1-2H3,(H,17,19)(H,18,20). The van der Waals surface area contributed by atoms with Crippen molar-refractivity contribution in [2.75, 3.05) is 23.7 Å². The lowest BCUT2D eigenvalue weighted by Crippen LogP contribution is -2.25. The minimum absolute atomic E-state index is 0.0308. The third-order valence-corrected chi connectivity index (χ3v) is 3.62. The maximum atomic E-state index is 12.1. The molecule has 0 saturated carbocycles. The first-order valence-electron chi connectivity index (χ1n) is 7.03. The molecule has 1 aromatic rings. The molecule has 0 aromatic heterocycles. The van der Waals surface area contributed by atoms with Gasteiger partial charge in [-0.2, -0.15) is 0 Å². The van der Waals surface area contributed by atoms with Crippen molar-refractivity contribution in [2.45, 2.75) is 26.7 Å². The van der Waals surface area contributed by atoms with Crippen LogP contribution in [0.5, 0.6) is 0 Å². The molecule has 2 rings (SSSR count). The smallest absolute Gasteiger partial charge is 0.228 e. The third kappa shape index (κ3) is 3.36. The fourth-order valence-electron chi connectivity index (χ4n) is 2.26. The van der Waals surface area contributed by atoms with Crippen molar-refractivity contribution < 1.29 is 9.59 Å². The zero-order chi connectivity index (χ0) is 14.5. The number of carbonyl (C=O) groups excluding carboxylic acids is 2. The molecule has 0 bridgehead atoms. The van der Waals surface area contributed by atoms with Gasteiger partial charge in [0.15, 0.2) is 0 Å². The summed E-state index contributed by atoms with van der Waals surface area (Å²) in [6.07, 6.45) is 1.31. The Hall–Kier alpha value is -1.88. The van der Waals surface area contributed by atoms with Gasteiger partial charge in [-0.3, -0.25) is 9.59 Å². The number of nitrogens with one attached hydrogen (secondary N) is 3. The lowest BCUT2D eigenvalue weighted by Gasteiger charge is -2.15. The first-order chi connectivity index (χ1) is 9.61. The summed E-state index contributed by atoms with van der Waals surface area (Å²) in [5, 5.41) is 8.97. The Labute approximate surface area is 119 Å². The molecule has 1 heterocycles. The van der Waals surface area contributed by atoms with E-state index in [1.807, 2.05) is 32.0 Å². The summed E-state index contributed by atoms with van der Waals surface area (Å²) >= 11 is 0. The summed E-state index contributed by atoms with van der Waals surface area (Å²) < 4.78 is 0. The Balaban J connectivity index is 2.09. The molecule has 1 aromatic carbocycles. The van der Waals surface area contributed by atoms with Crippen LogP contribution in [0.1, 0.15) is 25.3 Å². The van der Waals surface area contributed by atoms with Crippen LogP contribution in [0.3, 0.4) is 0 Å². The predicted octanol–water partition coefficient (Wildman–Crippen LogP) is 1.89. The van der Waals surface area contributed by atoms with Gasteiger partial charge in [0.2, 0.25) is 11.8 Å². The quantitative estimate of drug-likeness (QED) is 0.786. The van der Waals surface area contributed by atoms with E-state index < -0.39 is 0 Å². The first-order valence-corrected chi connectivity index (χ1v) is 7.03. The molecule has 1 unspecified atom stereocenters. The summed E-state index contributed by atoms with van der Waals surface area (Å²) in [7, 11) is 0. The van der Waals surface area contributed by atoms with Crippen LogP contribution in [-0.2, 0) is 9.59 Å². The highest BCUT2D eigenvalue weighted by Crippen LogP contribution is 2.24. The number of rotatable bonds is 4. The second-order valence-corrected chi connectivity index (χ2v) is 5.06. The Morgan fingerprint density at radius 1 is 1.30 bits per heavy atom. The number of benzene rings is 1. The molecule has 3 N–H and O–H groups in total. The average Bonchev–Trinajstić information content (AvgIpc) is 2.97. The molecular weight excluding hydrogens is 254 g/mol. The van der Waals surface area contributed by atoms with Crippen LogP contribution in [0.4, 0.5) is 11.4 Å². The molecular formula is C15H21N3O2. The van der Waals surface area contributed by atoms with Crippen molar-refractivity contribution in [2.24, 2.45) is 5.92 Å². The summed E-state index contributed by atoms with van der Waals surface area (Å²) in [4.78, 5) is 23.6. The Morgan fingerprint density at radius 2 is 2.00 bits per heavy atom. The minimum Gasteiger partial charge on any atom is -0.326 e. The highest BCUT2D eigenvalue weighted by molar-refractivity contribution is 5.96. The number of amides is 2. The van der Waals surface area contributed by atoms with Crippen molar-refractivity contribution in [3.63, 3.8) is 0 Å². The largest absolute Gasteiger partial charge is 0.326 e. The SMILES string of the molecule is CCC(=O)Nc1cccc(NC(=O)C2CCNC2)c1C. The summed E-state index contributed by atoms with van der Waals surface area (Å²) in [5.74, 6) is 0.0388. The van der Waals surface area contributed by atoms with Crippen LogP contribution >= 0.6 is 0 Å². The third-order valence-electron chi connectivity index (χ3n) is 3.62. The van der Waals surface area contributed by atoms with Gasteiger partial charge in [-0.1, -0.05) is 13.0 Å². The van der Waals surface area contributed by atoms with E-state index >= 15 is 0 Å². The number of carbonyl (C=O) groups is 2. The number of anilines is 2. The van der Waals surface area contributed by atoms with Crippen LogP contribution in [0.15, 0.2) is 18.2 Å². The molecule has 0 aliphatic carbocycles. The van der Waals surface area contributed by atoms with E-state index in [0.29, 0.717) is 6.42 Å². The van der Waals surface area contributed by atoms with E-state index in [1.54, 1.807) is 0 Å². The topological polar surface area (TPSA) is 70.2 Å². The molecule has 5 nitrogen and oxygen atoms in total. The van der Waals surface area contributed by atoms with E-state index in [1.165, 1.54) is 0 Å². The fourth-order valence-corrected chi connectivity index (χ4v) is 2.26. The minimum atomic E-state index is -0.0310. The van der Waals surface area contributed by atoms with Gasteiger partial charge in [0.1, 0.15) is 0 Å². The van der Waals surface area contributed by atoms with E-state index in [2.05, 4.69) is 16.0 Å². The normalized spacial score (nSPS) is 17.8. The van der Waals surface area contributed by atoms with Gasteiger partial charge in [0.25, 0.3) is 0 Å². The van der Waals surface area contributed by atoms with E-state index in [-0.39, 0.29) is 17.7 Å². The summed E-state index contributed by atoms with van der Waals surface area (Å²) in [5.41, 5.74) is 2.39. The maximum absolute atomic E-state index is 12.1. The molecule has 2 amide bonds. The molecule has 20 heavy (non-hydrogen) atoms. The average molecular weight is 275 g/mol. The van der Waals surface area contributed by atoms with Gasteiger partial charge >= 0.3 is 0 Å². The molecule has 108 valence electrons. The molecule has 1 aliphatic rings. The van der Waals surface area contributed by atoms with E-state index in [9.17, 15) is 9.59 Å². The van der Waals surface area contributed by atoms with Crippen molar-refractivity contribution >= 4 is 23.2 Å². The van der Waals surface area contributed by atoms with Crippen LogP contribution < -0.4 is 16.0 Å². The highest BCUT2D eigenvalue weighted by Gasteiger charge is 2.22. The second kappa shape index (κ2) is 6.52. The van der Waals surface area contributed by atoms with E-state index in [4.69, 9.17) is 0 Å². The zero-order valence-electron chi connectivity index (χ0n) is 12.0. The van der Waals surface area contributed by atoms with Gasteiger partial charge < -0.3 is 16.0 Å². The van der Waals surface area contributed by atoms with Crippen molar-refractivity contribution in [1.82, 2.24) is 5.32 Å². The van der Waals surface area contributed by atoms with Crippen molar-refractivity contribution in [1.29, 1.82) is 0 Å². The lowest BCUT2D eigenvalue weighted by atomic mass is 10.1. The summed E-state index contributed by atoms with van der Waals surface area (Å²) in [6.45, 7) is 5.33. The summed E-state index contributed by atoms with van der Waals surface area (Å²) in [6, 6.07) is 5.54. The van der Waals surface area contributed by atoms with Gasteiger partial charge in [0.05, 0.1) is 5.92 Å². The van der Waals surface area contributed by atoms with Crippen LogP contribution in [-0.4, -0.2) is 24.9 Å². The Kier molecular flexibility index (Phi) is 4.74. The van der Waals surface area contributed by atoms with Crippen LogP contribution in [0.25, 0.3) is 0 Å². The second-order valence-electron chi connectivity index (χ2n) is 5.06. The Morgan fingerprint density at radius 3 is 2.60 bits per heavy atom. The molecule has 5 heteroatoms. The molecule has 1 fully saturated rings. The van der Waals surface area contributed by atoms with Crippen molar-refractivity contribution in [3.05, 3.63) is 23.8 Å². The monoisotopic (exact) mass is 275 g/mol. The fraction of sp³-hybridized carbons (Fsp3) is 0.467. The first kappa shape index (κ1) is 14.5.